The van der Waals surface area contributed by atoms with E-state index in [4.69, 9.17) is 0 Å². The van der Waals surface area contributed by atoms with E-state index < -0.39 is 0 Å². The Balaban J connectivity index is 1.52. The second-order valence-electron chi connectivity index (χ2n) is 6.23. The molecular formula is C20H19N3O. The molecule has 0 aliphatic carbocycles. The molecule has 1 fully saturated rings. The van der Waals surface area contributed by atoms with Gasteiger partial charge >= 0.3 is 0 Å². The van der Waals surface area contributed by atoms with Crippen LogP contribution in [-0.4, -0.2) is 33.9 Å². The lowest BCUT2D eigenvalue weighted by Crippen LogP contribution is -2.38. The van der Waals surface area contributed by atoms with E-state index in [0.717, 1.165) is 36.8 Å². The van der Waals surface area contributed by atoms with E-state index in [1.807, 2.05) is 47.6 Å². The summed E-state index contributed by atoms with van der Waals surface area (Å²) >= 11 is 0. The number of hydrogen-bond donors (Lipinski definition) is 0. The van der Waals surface area contributed by atoms with Crippen molar-refractivity contribution in [1.29, 1.82) is 0 Å². The summed E-state index contributed by atoms with van der Waals surface area (Å²) in [5, 5.41) is 1.01. The molecule has 1 aliphatic rings. The molecule has 0 unspecified atom stereocenters. The summed E-state index contributed by atoms with van der Waals surface area (Å²) in [6, 6.07) is 13.9. The molecule has 0 spiro atoms. The zero-order chi connectivity index (χ0) is 16.4. The number of aromatic nitrogens is 2. The van der Waals surface area contributed by atoms with Crippen LogP contribution in [0.4, 0.5) is 0 Å². The molecule has 0 saturated carbocycles. The Kier molecular flexibility index (Phi) is 3.95. The topological polar surface area (TPSA) is 46.1 Å². The molecule has 1 aromatic carbocycles. The molecule has 3 heterocycles. The van der Waals surface area contributed by atoms with E-state index in [0.29, 0.717) is 11.5 Å². The van der Waals surface area contributed by atoms with Gasteiger partial charge in [-0.15, -0.1) is 0 Å². The highest BCUT2D eigenvalue weighted by Crippen LogP contribution is 2.28. The van der Waals surface area contributed by atoms with Crippen molar-refractivity contribution in [1.82, 2.24) is 14.9 Å². The fourth-order valence-electron chi connectivity index (χ4n) is 3.50. The molecule has 0 radical (unpaired) electrons. The van der Waals surface area contributed by atoms with Gasteiger partial charge in [-0.25, -0.2) is 0 Å². The maximum absolute atomic E-state index is 12.9. The number of pyridine rings is 2. The Morgan fingerprint density at radius 3 is 2.50 bits per heavy atom. The van der Waals surface area contributed by atoms with Gasteiger partial charge in [0.1, 0.15) is 0 Å². The number of para-hydroxylation sites is 1. The first-order chi connectivity index (χ1) is 11.8. The van der Waals surface area contributed by atoms with Gasteiger partial charge in [-0.05, 0) is 48.6 Å². The minimum atomic E-state index is 0.0903. The number of likely N-dealkylation sites (tertiary alicyclic amines) is 1. The van der Waals surface area contributed by atoms with Gasteiger partial charge < -0.3 is 4.90 Å². The lowest BCUT2D eigenvalue weighted by atomic mass is 9.90. The lowest BCUT2D eigenvalue weighted by Gasteiger charge is -2.32. The molecule has 0 atom stereocenters. The summed E-state index contributed by atoms with van der Waals surface area (Å²) in [6.45, 7) is 1.57. The summed E-state index contributed by atoms with van der Waals surface area (Å²) in [5.41, 5.74) is 2.82. The number of hydrogen-bond acceptors (Lipinski definition) is 3. The van der Waals surface area contributed by atoms with Crippen LogP contribution in [-0.2, 0) is 0 Å². The normalized spacial score (nSPS) is 15.6. The summed E-state index contributed by atoms with van der Waals surface area (Å²) < 4.78 is 0. The highest BCUT2D eigenvalue weighted by atomic mass is 16.2. The molecule has 120 valence electrons. The number of fused-ring (bicyclic) bond motifs is 1. The third kappa shape index (κ3) is 2.75. The number of amides is 1. The van der Waals surface area contributed by atoms with E-state index in [1.54, 1.807) is 6.20 Å². The predicted molar refractivity (Wildman–Crippen MR) is 93.9 cm³/mol. The molecule has 24 heavy (non-hydrogen) atoms. The Bertz CT molecular complexity index is 850. The fourth-order valence-corrected chi connectivity index (χ4v) is 3.50. The van der Waals surface area contributed by atoms with Gasteiger partial charge in [-0.1, -0.05) is 18.2 Å². The van der Waals surface area contributed by atoms with Gasteiger partial charge in [0.2, 0.25) is 0 Å². The number of nitrogens with zero attached hydrogens (tertiary/aromatic N) is 3. The van der Waals surface area contributed by atoms with Crippen LogP contribution in [0.15, 0.2) is 61.1 Å². The van der Waals surface area contributed by atoms with E-state index in [-0.39, 0.29) is 5.91 Å². The first-order valence-electron chi connectivity index (χ1n) is 8.36. The van der Waals surface area contributed by atoms with E-state index in [9.17, 15) is 4.79 Å². The van der Waals surface area contributed by atoms with Crippen molar-refractivity contribution in [3.05, 3.63) is 72.2 Å². The van der Waals surface area contributed by atoms with Gasteiger partial charge in [0.05, 0.1) is 11.1 Å². The van der Waals surface area contributed by atoms with Crippen LogP contribution in [0.3, 0.4) is 0 Å². The van der Waals surface area contributed by atoms with E-state index in [1.165, 1.54) is 5.56 Å². The minimum absolute atomic E-state index is 0.0903. The summed E-state index contributed by atoms with van der Waals surface area (Å²) in [5.74, 6) is 0.607. The Hall–Kier alpha value is -2.75. The molecular weight excluding hydrogens is 298 g/mol. The van der Waals surface area contributed by atoms with Crippen LogP contribution in [0.1, 0.15) is 34.7 Å². The molecule has 4 rings (SSSR count). The summed E-state index contributed by atoms with van der Waals surface area (Å²) in [6.07, 6.45) is 7.42. The first kappa shape index (κ1) is 14.8. The van der Waals surface area contributed by atoms with Crippen LogP contribution < -0.4 is 0 Å². The number of piperidine rings is 1. The second kappa shape index (κ2) is 6.40. The van der Waals surface area contributed by atoms with Crippen molar-refractivity contribution in [3.63, 3.8) is 0 Å². The van der Waals surface area contributed by atoms with Crippen LogP contribution in [0, 0.1) is 0 Å². The fraction of sp³-hybridized carbons (Fsp3) is 0.250. The maximum Gasteiger partial charge on any atom is 0.256 e. The van der Waals surface area contributed by atoms with Crippen molar-refractivity contribution < 1.29 is 4.79 Å². The van der Waals surface area contributed by atoms with Crippen molar-refractivity contribution >= 4 is 16.8 Å². The number of benzene rings is 1. The summed E-state index contributed by atoms with van der Waals surface area (Å²) in [4.78, 5) is 23.4. The molecule has 4 heteroatoms. The number of rotatable bonds is 2. The summed E-state index contributed by atoms with van der Waals surface area (Å²) in [7, 11) is 0. The molecule has 3 aromatic rings. The number of carbonyl (C=O) groups excluding carboxylic acids is 1. The molecule has 4 nitrogen and oxygen atoms in total. The minimum Gasteiger partial charge on any atom is -0.339 e. The van der Waals surface area contributed by atoms with Crippen molar-refractivity contribution in [2.75, 3.05) is 13.1 Å². The van der Waals surface area contributed by atoms with Crippen molar-refractivity contribution in [2.24, 2.45) is 0 Å². The quantitative estimate of drug-likeness (QED) is 0.725. The Morgan fingerprint density at radius 2 is 1.71 bits per heavy atom. The molecule has 1 saturated heterocycles. The SMILES string of the molecule is O=C(c1cccc2cccnc12)N1CCC(c2ccncc2)CC1. The second-order valence-corrected chi connectivity index (χ2v) is 6.23. The van der Waals surface area contributed by atoms with Gasteiger partial charge in [0, 0.05) is 37.1 Å². The largest absolute Gasteiger partial charge is 0.339 e. The lowest BCUT2D eigenvalue weighted by molar-refractivity contribution is 0.0715. The Labute approximate surface area is 141 Å². The highest BCUT2D eigenvalue weighted by Gasteiger charge is 2.25. The Morgan fingerprint density at radius 1 is 0.958 bits per heavy atom. The zero-order valence-electron chi connectivity index (χ0n) is 13.4. The molecule has 1 aliphatic heterocycles. The highest BCUT2D eigenvalue weighted by molar-refractivity contribution is 6.05. The van der Waals surface area contributed by atoms with Gasteiger partial charge in [-0.2, -0.15) is 0 Å². The van der Waals surface area contributed by atoms with Gasteiger partial charge in [0.25, 0.3) is 5.91 Å². The zero-order valence-corrected chi connectivity index (χ0v) is 13.4. The van der Waals surface area contributed by atoms with Gasteiger partial charge in [0.15, 0.2) is 0 Å². The molecule has 0 bridgehead atoms. The third-order valence-electron chi connectivity index (χ3n) is 4.82. The maximum atomic E-state index is 12.9. The molecule has 0 N–H and O–H groups in total. The average molecular weight is 317 g/mol. The first-order valence-corrected chi connectivity index (χ1v) is 8.36. The van der Waals surface area contributed by atoms with E-state index in [2.05, 4.69) is 22.1 Å². The van der Waals surface area contributed by atoms with E-state index >= 15 is 0 Å². The predicted octanol–water partition coefficient (Wildman–Crippen LogP) is 3.65. The van der Waals surface area contributed by atoms with Gasteiger partial charge in [-0.3, -0.25) is 14.8 Å². The third-order valence-corrected chi connectivity index (χ3v) is 4.82. The van der Waals surface area contributed by atoms with Crippen LogP contribution >= 0.6 is 0 Å². The van der Waals surface area contributed by atoms with Crippen molar-refractivity contribution in [2.45, 2.75) is 18.8 Å². The van der Waals surface area contributed by atoms with Crippen LogP contribution in [0.25, 0.3) is 10.9 Å². The van der Waals surface area contributed by atoms with Crippen LogP contribution in [0.5, 0.6) is 0 Å². The average Bonchev–Trinajstić information content (AvgIpc) is 2.68. The molecule has 2 aromatic heterocycles. The standard InChI is InChI=1S/C20H19N3O/c24-20(18-5-1-3-17-4-2-10-22-19(17)18)23-13-8-16(9-14-23)15-6-11-21-12-7-15/h1-7,10-12,16H,8-9,13-14H2. The van der Waals surface area contributed by atoms with Crippen LogP contribution in [0.2, 0.25) is 0 Å². The molecule has 1 amide bonds. The number of carbonyl (C=O) groups is 1. The smallest absolute Gasteiger partial charge is 0.256 e. The monoisotopic (exact) mass is 317 g/mol. The van der Waals surface area contributed by atoms with Crippen molar-refractivity contribution in [3.8, 4) is 0 Å².